The summed E-state index contributed by atoms with van der Waals surface area (Å²) in [5, 5.41) is 0. The van der Waals surface area contributed by atoms with Crippen molar-refractivity contribution in [2.24, 2.45) is 0 Å². The molecule has 0 aromatic heterocycles. The Bertz CT molecular complexity index is 215. The van der Waals surface area contributed by atoms with Gasteiger partial charge >= 0.3 is 53.4 Å². The fourth-order valence-electron chi connectivity index (χ4n) is 0.532. The van der Waals surface area contributed by atoms with Crippen molar-refractivity contribution in [3.63, 3.8) is 0 Å². The van der Waals surface area contributed by atoms with Crippen molar-refractivity contribution in [1.82, 2.24) is 0 Å². The largest absolute Gasteiger partial charge is 1.00 e. The van der Waals surface area contributed by atoms with Crippen LogP contribution >= 0.6 is 0 Å². The molecular weight excluding hydrogens is 230 g/mol. The molecule has 0 aliphatic heterocycles. The van der Waals surface area contributed by atoms with E-state index in [1.54, 1.807) is 12.1 Å². The first-order valence-corrected chi connectivity index (χ1v) is 4.33. The average Bonchev–Trinajstić information content (AvgIpc) is 2.08. The van der Waals surface area contributed by atoms with Crippen molar-refractivity contribution < 1.29 is 42.2 Å². The zero-order chi connectivity index (χ0) is 8.53. The van der Waals surface area contributed by atoms with Crippen LogP contribution in [0.1, 0.15) is 10.4 Å². The molecule has 0 bridgehead atoms. The summed E-state index contributed by atoms with van der Waals surface area (Å²) in [6, 6.07) is 9.10. The van der Waals surface area contributed by atoms with Crippen LogP contribution in [-0.2, 0) is 3.74 Å². The van der Waals surface area contributed by atoms with Crippen LogP contribution in [0, 0.1) is 0 Å². The van der Waals surface area contributed by atoms with E-state index >= 15 is 0 Å². The van der Waals surface area contributed by atoms with E-state index < -0.39 is 16.0 Å². The van der Waals surface area contributed by atoms with Crippen molar-refractivity contribution in [2.45, 2.75) is 0 Å². The van der Waals surface area contributed by atoms with Gasteiger partial charge in [-0.05, 0) is 0 Å². The van der Waals surface area contributed by atoms with Crippen LogP contribution in [0.15, 0.2) is 30.3 Å². The molecule has 0 fully saturated rings. The normalized spacial score (nSPS) is 7.42. The van der Waals surface area contributed by atoms with E-state index in [-0.39, 0.29) is 29.6 Å². The average molecular weight is 236 g/mol. The molecule has 12 heavy (non-hydrogen) atoms. The summed E-state index contributed by atoms with van der Waals surface area (Å²) in [6.45, 7) is 0. The van der Waals surface area contributed by atoms with E-state index in [0.717, 1.165) is 11.8 Å². The molecule has 58 valence electrons. The van der Waals surface area contributed by atoms with Crippen LogP contribution in [0.4, 0.5) is 0 Å². The molecule has 1 aromatic carbocycles. The van der Waals surface area contributed by atoms with E-state index in [4.69, 9.17) is 7.84 Å². The van der Waals surface area contributed by atoms with Crippen molar-refractivity contribution in [1.29, 1.82) is 0 Å². The molecular formula is C7H6AsNaO3. The standard InChI is InChI=1S/C7H6O.AsHO2.Na/c8-6-7-4-2-1-3-5-7;2-1-3;/h1-6H;(H,2,3);/q;;+1/p-1. The molecule has 0 saturated carbocycles. The minimum Gasteiger partial charge on any atom is 1.00 e. The molecule has 0 N–H and O–H groups in total. The maximum absolute atomic E-state index is 10.0. The van der Waals surface area contributed by atoms with Gasteiger partial charge in [0.05, 0.1) is 0 Å². The van der Waals surface area contributed by atoms with Crippen molar-refractivity contribution in [3.05, 3.63) is 35.9 Å². The Kier molecular flexibility index (Phi) is 13.7. The molecule has 0 atom stereocenters. The second-order valence-electron chi connectivity index (χ2n) is 1.60. The van der Waals surface area contributed by atoms with Gasteiger partial charge in [-0.3, -0.25) is 4.79 Å². The van der Waals surface area contributed by atoms with Gasteiger partial charge in [-0.15, -0.1) is 0 Å². The van der Waals surface area contributed by atoms with Crippen LogP contribution < -0.4 is 33.7 Å². The number of rotatable bonds is 1. The second-order valence-corrected chi connectivity index (χ2v) is 1.92. The maximum Gasteiger partial charge on any atom is 1.00 e. The smallest absolute Gasteiger partial charge is 1.00 e. The summed E-state index contributed by atoms with van der Waals surface area (Å²) >= 11 is -1.81. The van der Waals surface area contributed by atoms with E-state index in [1.807, 2.05) is 18.2 Å². The van der Waals surface area contributed by atoms with Crippen LogP contribution in [0.5, 0.6) is 0 Å². The van der Waals surface area contributed by atoms with Gasteiger partial charge in [-0.2, -0.15) is 0 Å². The number of benzene rings is 1. The fraction of sp³-hybridized carbons (Fsp3) is 0. The van der Waals surface area contributed by atoms with Crippen molar-refractivity contribution in [3.8, 4) is 0 Å². The van der Waals surface area contributed by atoms with E-state index in [0.29, 0.717) is 0 Å². The molecule has 3 nitrogen and oxygen atoms in total. The first kappa shape index (κ1) is 14.7. The zero-order valence-electron chi connectivity index (χ0n) is 6.64. The van der Waals surface area contributed by atoms with E-state index in [2.05, 4.69) is 0 Å². The van der Waals surface area contributed by atoms with Gasteiger partial charge in [0.15, 0.2) is 0 Å². The Hall–Kier alpha value is 0.208. The SMILES string of the molecule is O=Cc1ccccc1.O=[As][O-].[Na+]. The number of carbonyl (C=O) groups is 1. The maximum atomic E-state index is 10.0. The molecule has 1 rings (SSSR count). The topological polar surface area (TPSA) is 57.2 Å². The van der Waals surface area contributed by atoms with Crippen LogP contribution in [-0.4, -0.2) is 22.3 Å². The first-order valence-electron chi connectivity index (χ1n) is 2.80. The molecule has 0 saturated heterocycles. The molecule has 0 radical (unpaired) electrons. The van der Waals surface area contributed by atoms with Gasteiger partial charge in [0.25, 0.3) is 0 Å². The Morgan fingerprint density at radius 1 is 1.25 bits per heavy atom. The molecule has 0 aliphatic carbocycles. The molecule has 1 aromatic rings. The van der Waals surface area contributed by atoms with Crippen LogP contribution in [0.2, 0.25) is 0 Å². The molecule has 0 aliphatic rings. The number of hydrogen-bond acceptors (Lipinski definition) is 3. The van der Waals surface area contributed by atoms with Gasteiger partial charge in [0.1, 0.15) is 6.29 Å². The molecule has 0 heterocycles. The minimum absolute atomic E-state index is 0. The zero-order valence-corrected chi connectivity index (χ0v) is 10.5. The summed E-state index contributed by atoms with van der Waals surface area (Å²) in [7, 11) is 0. The van der Waals surface area contributed by atoms with Gasteiger partial charge in [0, 0.05) is 5.56 Å². The Labute approximate surface area is 99.7 Å². The molecule has 0 amide bonds. The summed E-state index contributed by atoms with van der Waals surface area (Å²) in [4.78, 5) is 10.0. The number of hydrogen-bond donors (Lipinski definition) is 0. The summed E-state index contributed by atoms with van der Waals surface area (Å²) in [5.41, 5.74) is 0.729. The monoisotopic (exact) mass is 236 g/mol. The Morgan fingerprint density at radius 2 is 1.67 bits per heavy atom. The predicted octanol–water partition coefficient (Wildman–Crippen LogP) is -3.19. The number of aldehydes is 1. The van der Waals surface area contributed by atoms with Gasteiger partial charge in [0.2, 0.25) is 0 Å². The van der Waals surface area contributed by atoms with E-state index in [9.17, 15) is 4.79 Å². The van der Waals surface area contributed by atoms with Gasteiger partial charge in [-0.1, -0.05) is 30.3 Å². The Balaban J connectivity index is 0. The molecule has 0 spiro atoms. The summed E-state index contributed by atoms with van der Waals surface area (Å²) in [5.74, 6) is 0. The fourth-order valence-corrected chi connectivity index (χ4v) is 0.532. The van der Waals surface area contributed by atoms with Crippen molar-refractivity contribution >= 4 is 22.3 Å². The third-order valence-electron chi connectivity index (χ3n) is 0.936. The molecule has 0 unspecified atom stereocenters. The predicted molar refractivity (Wildman–Crippen MR) is 38.3 cm³/mol. The third-order valence-corrected chi connectivity index (χ3v) is 0.936. The summed E-state index contributed by atoms with van der Waals surface area (Å²) < 4.78 is 16.9. The van der Waals surface area contributed by atoms with Crippen LogP contribution in [0.25, 0.3) is 0 Å². The van der Waals surface area contributed by atoms with Crippen LogP contribution in [0.3, 0.4) is 0 Å². The van der Waals surface area contributed by atoms with Crippen molar-refractivity contribution in [2.75, 3.05) is 0 Å². The quantitative estimate of drug-likeness (QED) is 0.381. The van der Waals surface area contributed by atoms with Gasteiger partial charge < -0.3 is 0 Å². The second kappa shape index (κ2) is 11.2. The van der Waals surface area contributed by atoms with Gasteiger partial charge in [-0.25, -0.2) is 0 Å². The first-order chi connectivity index (χ1) is 5.35. The summed E-state index contributed by atoms with van der Waals surface area (Å²) in [6.07, 6.45) is 0.833. The Morgan fingerprint density at radius 3 is 1.92 bits per heavy atom. The minimum atomic E-state index is -1.81. The van der Waals surface area contributed by atoms with E-state index in [1.165, 1.54) is 0 Å². The molecule has 5 heteroatoms. The number of carbonyl (C=O) groups excluding carboxylic acids is 1. The third kappa shape index (κ3) is 8.31.